The van der Waals surface area contributed by atoms with Gasteiger partial charge in [0.05, 0.1) is 0 Å². The molecule has 0 spiro atoms. The Kier molecular flexibility index (Phi) is 4.08. The molecule has 2 heteroatoms. The van der Waals surface area contributed by atoms with E-state index in [4.69, 9.17) is 4.74 Å². The zero-order valence-electron chi connectivity index (χ0n) is 12.9. The molecule has 0 heterocycles. The predicted octanol–water partition coefficient (Wildman–Crippen LogP) is 4.35. The van der Waals surface area contributed by atoms with Crippen LogP contribution in [0.25, 0.3) is 0 Å². The van der Waals surface area contributed by atoms with Gasteiger partial charge in [0.25, 0.3) is 0 Å². The van der Waals surface area contributed by atoms with Gasteiger partial charge in [-0.05, 0) is 49.4 Å². The van der Waals surface area contributed by atoms with Crippen molar-refractivity contribution in [2.45, 2.75) is 65.9 Å². The maximum atomic E-state index is 11.5. The van der Waals surface area contributed by atoms with E-state index in [-0.39, 0.29) is 12.1 Å². The first-order valence-corrected chi connectivity index (χ1v) is 7.70. The van der Waals surface area contributed by atoms with Crippen LogP contribution in [-0.4, -0.2) is 12.1 Å². The van der Waals surface area contributed by atoms with Crippen molar-refractivity contribution < 1.29 is 9.53 Å². The van der Waals surface area contributed by atoms with Crippen LogP contribution in [-0.2, 0) is 9.53 Å². The standard InChI is InChI=1S/C17H28O2/c1-11(2)14-8-10-17(5)9-6-7-12(3)15(17)16(14)19-13(4)18/h11,14-16H,3,6-10H2,1-2,4-5H3. The molecule has 0 aromatic heterocycles. The highest BCUT2D eigenvalue weighted by Gasteiger charge is 2.50. The van der Waals surface area contributed by atoms with Gasteiger partial charge in [0.2, 0.25) is 0 Å². The van der Waals surface area contributed by atoms with Gasteiger partial charge in [-0.1, -0.05) is 32.9 Å². The summed E-state index contributed by atoms with van der Waals surface area (Å²) < 4.78 is 5.77. The van der Waals surface area contributed by atoms with Crippen LogP contribution in [0.2, 0.25) is 0 Å². The summed E-state index contributed by atoms with van der Waals surface area (Å²) in [5, 5.41) is 0. The molecule has 2 saturated carbocycles. The van der Waals surface area contributed by atoms with Crippen molar-refractivity contribution in [1.82, 2.24) is 0 Å². The highest BCUT2D eigenvalue weighted by Crippen LogP contribution is 2.55. The van der Waals surface area contributed by atoms with Crippen molar-refractivity contribution in [3.8, 4) is 0 Å². The Balaban J connectivity index is 2.32. The molecule has 0 N–H and O–H groups in total. The molecule has 0 amide bonds. The first-order chi connectivity index (χ1) is 8.85. The van der Waals surface area contributed by atoms with Gasteiger partial charge in [0.1, 0.15) is 6.10 Å². The normalized spacial score (nSPS) is 39.0. The van der Waals surface area contributed by atoms with E-state index >= 15 is 0 Å². The van der Waals surface area contributed by atoms with Gasteiger partial charge in [-0.2, -0.15) is 0 Å². The SMILES string of the molecule is C=C1CCCC2(C)CCC(C(C)C)C(OC(C)=O)C12. The van der Waals surface area contributed by atoms with E-state index in [1.165, 1.54) is 38.2 Å². The van der Waals surface area contributed by atoms with E-state index in [0.29, 0.717) is 23.2 Å². The van der Waals surface area contributed by atoms with Gasteiger partial charge < -0.3 is 4.74 Å². The predicted molar refractivity (Wildman–Crippen MR) is 77.7 cm³/mol. The van der Waals surface area contributed by atoms with E-state index in [0.717, 1.165) is 6.42 Å². The Morgan fingerprint density at radius 2 is 2.11 bits per heavy atom. The van der Waals surface area contributed by atoms with Crippen LogP contribution in [0.3, 0.4) is 0 Å². The fourth-order valence-corrected chi connectivity index (χ4v) is 4.40. The molecule has 4 unspecified atom stereocenters. The number of ether oxygens (including phenoxy) is 1. The molecule has 0 saturated heterocycles. The molecule has 2 rings (SSSR count). The molecular weight excluding hydrogens is 236 g/mol. The minimum Gasteiger partial charge on any atom is -0.462 e. The average Bonchev–Trinajstić information content (AvgIpc) is 2.27. The minimum absolute atomic E-state index is 0.0454. The number of carbonyl (C=O) groups excluding carboxylic acids is 1. The Hall–Kier alpha value is -0.790. The van der Waals surface area contributed by atoms with Gasteiger partial charge in [0.15, 0.2) is 0 Å². The summed E-state index contributed by atoms with van der Waals surface area (Å²) in [4.78, 5) is 11.5. The largest absolute Gasteiger partial charge is 0.462 e. The second-order valence-corrected chi connectivity index (χ2v) is 7.16. The molecule has 19 heavy (non-hydrogen) atoms. The van der Waals surface area contributed by atoms with Crippen LogP contribution in [0.1, 0.15) is 59.8 Å². The maximum absolute atomic E-state index is 11.5. The summed E-state index contributed by atoms with van der Waals surface area (Å²) in [7, 11) is 0. The van der Waals surface area contributed by atoms with Crippen LogP contribution in [0.4, 0.5) is 0 Å². The smallest absolute Gasteiger partial charge is 0.302 e. The second-order valence-electron chi connectivity index (χ2n) is 7.16. The summed E-state index contributed by atoms with van der Waals surface area (Å²) >= 11 is 0. The van der Waals surface area contributed by atoms with Crippen molar-refractivity contribution in [2.75, 3.05) is 0 Å². The highest BCUT2D eigenvalue weighted by atomic mass is 16.5. The molecule has 0 aliphatic heterocycles. The third-order valence-corrected chi connectivity index (χ3v) is 5.39. The summed E-state index contributed by atoms with van der Waals surface area (Å²) in [6.45, 7) is 12.7. The number of fused-ring (bicyclic) bond motifs is 1. The van der Waals surface area contributed by atoms with Crippen LogP contribution < -0.4 is 0 Å². The molecular formula is C17H28O2. The molecule has 108 valence electrons. The topological polar surface area (TPSA) is 26.3 Å². The van der Waals surface area contributed by atoms with Crippen molar-refractivity contribution in [3.05, 3.63) is 12.2 Å². The molecule has 2 nitrogen and oxygen atoms in total. The number of esters is 1. The molecule has 2 aliphatic carbocycles. The molecule has 2 fully saturated rings. The zero-order chi connectivity index (χ0) is 14.2. The Bertz CT molecular complexity index is 371. The van der Waals surface area contributed by atoms with Gasteiger partial charge in [0, 0.05) is 12.8 Å². The zero-order valence-corrected chi connectivity index (χ0v) is 12.9. The summed E-state index contributed by atoms with van der Waals surface area (Å²) in [6.07, 6.45) is 6.06. The monoisotopic (exact) mass is 264 g/mol. The number of rotatable bonds is 2. The molecule has 0 aromatic rings. The Morgan fingerprint density at radius 1 is 1.42 bits per heavy atom. The quantitative estimate of drug-likeness (QED) is 0.547. The van der Waals surface area contributed by atoms with Crippen molar-refractivity contribution in [3.63, 3.8) is 0 Å². The van der Waals surface area contributed by atoms with Crippen LogP contribution >= 0.6 is 0 Å². The summed E-state index contributed by atoms with van der Waals surface area (Å²) in [6, 6.07) is 0. The second kappa shape index (κ2) is 5.30. The van der Waals surface area contributed by atoms with E-state index in [1.807, 2.05) is 0 Å². The highest BCUT2D eigenvalue weighted by molar-refractivity contribution is 5.66. The van der Waals surface area contributed by atoms with Crippen LogP contribution in [0, 0.1) is 23.2 Å². The summed E-state index contributed by atoms with van der Waals surface area (Å²) in [5.74, 6) is 1.27. The fourth-order valence-electron chi connectivity index (χ4n) is 4.40. The Morgan fingerprint density at radius 3 is 2.68 bits per heavy atom. The van der Waals surface area contributed by atoms with Gasteiger partial charge in [-0.3, -0.25) is 4.79 Å². The lowest BCUT2D eigenvalue weighted by atomic mass is 9.54. The first kappa shape index (κ1) is 14.6. The van der Waals surface area contributed by atoms with E-state index < -0.39 is 0 Å². The van der Waals surface area contributed by atoms with E-state index in [9.17, 15) is 4.79 Å². The number of carbonyl (C=O) groups is 1. The first-order valence-electron chi connectivity index (χ1n) is 7.70. The van der Waals surface area contributed by atoms with E-state index in [1.54, 1.807) is 0 Å². The molecule has 0 aromatic carbocycles. The summed E-state index contributed by atoms with van der Waals surface area (Å²) in [5.41, 5.74) is 1.60. The molecule has 2 aliphatic rings. The van der Waals surface area contributed by atoms with Crippen LogP contribution in [0.15, 0.2) is 12.2 Å². The number of hydrogen-bond donors (Lipinski definition) is 0. The number of hydrogen-bond acceptors (Lipinski definition) is 2. The fraction of sp³-hybridized carbons (Fsp3) is 0.824. The third kappa shape index (κ3) is 2.73. The minimum atomic E-state index is -0.140. The van der Waals surface area contributed by atoms with E-state index in [2.05, 4.69) is 27.4 Å². The van der Waals surface area contributed by atoms with Crippen molar-refractivity contribution in [1.29, 1.82) is 0 Å². The lowest BCUT2D eigenvalue weighted by Gasteiger charge is -2.53. The molecule has 4 atom stereocenters. The van der Waals surface area contributed by atoms with Crippen molar-refractivity contribution >= 4 is 5.97 Å². The van der Waals surface area contributed by atoms with Crippen LogP contribution in [0.5, 0.6) is 0 Å². The van der Waals surface area contributed by atoms with Gasteiger partial charge >= 0.3 is 5.97 Å². The van der Waals surface area contributed by atoms with Crippen molar-refractivity contribution in [2.24, 2.45) is 23.2 Å². The molecule has 0 bridgehead atoms. The van der Waals surface area contributed by atoms with Gasteiger partial charge in [-0.15, -0.1) is 0 Å². The third-order valence-electron chi connectivity index (χ3n) is 5.39. The van der Waals surface area contributed by atoms with Gasteiger partial charge in [-0.25, -0.2) is 0 Å². The average molecular weight is 264 g/mol. The lowest BCUT2D eigenvalue weighted by Crippen LogP contribution is -2.50. The molecule has 0 radical (unpaired) electrons. The lowest BCUT2D eigenvalue weighted by molar-refractivity contribution is -0.163. The maximum Gasteiger partial charge on any atom is 0.302 e. The Labute approximate surface area is 117 Å².